The molecular formula is C12H18N2O3S. The highest BCUT2D eigenvalue weighted by atomic mass is 32.2. The minimum atomic E-state index is -3.37. The van der Waals surface area contributed by atoms with E-state index in [0.29, 0.717) is 0 Å². The highest BCUT2D eigenvalue weighted by Crippen LogP contribution is 2.44. The topological polar surface area (TPSA) is 78.4 Å². The molecular weight excluding hydrogens is 252 g/mol. The zero-order valence-electron chi connectivity index (χ0n) is 10.3. The summed E-state index contributed by atoms with van der Waals surface area (Å²) in [5.41, 5.74) is 0.903. The summed E-state index contributed by atoms with van der Waals surface area (Å²) in [6, 6.07) is 6.59. The number of rotatable bonds is 6. The van der Waals surface area contributed by atoms with Crippen LogP contribution in [0.5, 0.6) is 0 Å². The van der Waals surface area contributed by atoms with Gasteiger partial charge in [-0.2, -0.15) is 0 Å². The molecule has 1 saturated carbocycles. The third-order valence-electron chi connectivity index (χ3n) is 3.39. The molecule has 1 aliphatic rings. The van der Waals surface area contributed by atoms with Gasteiger partial charge in [0.25, 0.3) is 0 Å². The van der Waals surface area contributed by atoms with E-state index in [2.05, 4.69) is 10.0 Å². The van der Waals surface area contributed by atoms with Crippen LogP contribution >= 0.6 is 0 Å². The number of hydrogen-bond donors (Lipinski definition) is 3. The summed E-state index contributed by atoms with van der Waals surface area (Å²) in [6.07, 6.45) is 2.09. The summed E-state index contributed by atoms with van der Waals surface area (Å²) in [4.78, 5) is 0.249. The van der Waals surface area contributed by atoms with Crippen LogP contribution in [0.1, 0.15) is 12.8 Å². The predicted octanol–water partition coefficient (Wildman–Crippen LogP) is 0.779. The molecule has 2 rings (SSSR count). The summed E-state index contributed by atoms with van der Waals surface area (Å²) in [5, 5.41) is 12.4. The van der Waals surface area contributed by atoms with E-state index in [1.54, 1.807) is 24.3 Å². The highest BCUT2D eigenvalue weighted by Gasteiger charge is 2.41. The first-order valence-electron chi connectivity index (χ1n) is 5.90. The molecule has 0 unspecified atom stereocenters. The highest BCUT2D eigenvalue weighted by molar-refractivity contribution is 7.89. The van der Waals surface area contributed by atoms with E-state index < -0.39 is 10.0 Å². The molecule has 0 bridgehead atoms. The van der Waals surface area contributed by atoms with Crippen LogP contribution in [0.15, 0.2) is 29.2 Å². The number of benzene rings is 1. The number of aliphatic hydroxyl groups excluding tert-OH is 1. The van der Waals surface area contributed by atoms with Crippen LogP contribution in [0.4, 0.5) is 5.69 Å². The summed E-state index contributed by atoms with van der Waals surface area (Å²) in [7, 11) is -1.98. The predicted molar refractivity (Wildman–Crippen MR) is 69.9 cm³/mol. The molecule has 1 aliphatic carbocycles. The van der Waals surface area contributed by atoms with Crippen LogP contribution < -0.4 is 10.0 Å². The Balaban J connectivity index is 2.00. The van der Waals surface area contributed by atoms with E-state index in [4.69, 9.17) is 0 Å². The van der Waals surface area contributed by atoms with Gasteiger partial charge in [0.15, 0.2) is 0 Å². The zero-order chi connectivity index (χ0) is 13.2. The molecule has 0 heterocycles. The zero-order valence-corrected chi connectivity index (χ0v) is 11.1. The van der Waals surface area contributed by atoms with Crippen LogP contribution in [0.2, 0.25) is 0 Å². The Hall–Kier alpha value is -1.11. The molecule has 0 aromatic heterocycles. The maximum absolute atomic E-state index is 11.5. The molecule has 5 nitrogen and oxygen atoms in total. The van der Waals surface area contributed by atoms with Crippen molar-refractivity contribution in [2.24, 2.45) is 5.41 Å². The van der Waals surface area contributed by atoms with Crippen molar-refractivity contribution < 1.29 is 13.5 Å². The van der Waals surface area contributed by atoms with Crippen molar-refractivity contribution in [3.8, 4) is 0 Å². The molecule has 0 spiro atoms. The van der Waals surface area contributed by atoms with E-state index in [-0.39, 0.29) is 16.9 Å². The first-order valence-corrected chi connectivity index (χ1v) is 7.38. The summed E-state index contributed by atoms with van der Waals surface area (Å²) in [6.45, 7) is 0.924. The number of nitrogens with one attached hydrogen (secondary N) is 2. The van der Waals surface area contributed by atoms with Gasteiger partial charge in [0.1, 0.15) is 0 Å². The van der Waals surface area contributed by atoms with Crippen LogP contribution in [-0.2, 0) is 10.0 Å². The van der Waals surface area contributed by atoms with Gasteiger partial charge in [0.05, 0.1) is 11.5 Å². The smallest absolute Gasteiger partial charge is 0.240 e. The van der Waals surface area contributed by atoms with Crippen LogP contribution in [0.3, 0.4) is 0 Å². The van der Waals surface area contributed by atoms with Crippen molar-refractivity contribution >= 4 is 15.7 Å². The molecule has 0 atom stereocenters. The SMILES string of the molecule is CNS(=O)(=O)c1ccc(NCC2(CO)CC2)cc1. The van der Waals surface area contributed by atoms with Crippen molar-refractivity contribution in [3.05, 3.63) is 24.3 Å². The molecule has 0 saturated heterocycles. The van der Waals surface area contributed by atoms with Gasteiger partial charge < -0.3 is 10.4 Å². The van der Waals surface area contributed by atoms with Gasteiger partial charge in [-0.25, -0.2) is 13.1 Å². The lowest BCUT2D eigenvalue weighted by Crippen LogP contribution is -2.20. The van der Waals surface area contributed by atoms with Crippen LogP contribution in [0, 0.1) is 5.41 Å². The fraction of sp³-hybridized carbons (Fsp3) is 0.500. The first kappa shape index (κ1) is 13.3. The van der Waals surface area contributed by atoms with E-state index in [9.17, 15) is 13.5 Å². The van der Waals surface area contributed by atoms with Gasteiger partial charge in [-0.3, -0.25) is 0 Å². The molecule has 1 aromatic carbocycles. The number of aliphatic hydroxyl groups is 1. The fourth-order valence-electron chi connectivity index (χ4n) is 1.73. The van der Waals surface area contributed by atoms with Gasteiger partial charge in [0.2, 0.25) is 10.0 Å². The molecule has 0 aliphatic heterocycles. The summed E-state index contributed by atoms with van der Waals surface area (Å²) >= 11 is 0. The van der Waals surface area contributed by atoms with Crippen molar-refractivity contribution in [1.29, 1.82) is 0 Å². The van der Waals surface area contributed by atoms with Gasteiger partial charge in [-0.1, -0.05) is 0 Å². The van der Waals surface area contributed by atoms with E-state index in [1.165, 1.54) is 7.05 Å². The third-order valence-corrected chi connectivity index (χ3v) is 4.82. The van der Waals surface area contributed by atoms with Crippen molar-refractivity contribution in [3.63, 3.8) is 0 Å². The number of sulfonamides is 1. The lowest BCUT2D eigenvalue weighted by atomic mass is 10.1. The largest absolute Gasteiger partial charge is 0.396 e. The Morgan fingerprint density at radius 1 is 1.28 bits per heavy atom. The van der Waals surface area contributed by atoms with E-state index in [0.717, 1.165) is 25.1 Å². The molecule has 0 amide bonds. The number of anilines is 1. The summed E-state index contributed by atoms with van der Waals surface area (Å²) < 4.78 is 25.3. The minimum absolute atomic E-state index is 0.0374. The van der Waals surface area contributed by atoms with Gasteiger partial charge in [-0.05, 0) is 44.2 Å². The second-order valence-electron chi connectivity index (χ2n) is 4.74. The van der Waals surface area contributed by atoms with Crippen molar-refractivity contribution in [1.82, 2.24) is 4.72 Å². The molecule has 0 radical (unpaired) electrons. The first-order chi connectivity index (χ1) is 8.51. The minimum Gasteiger partial charge on any atom is -0.396 e. The van der Waals surface area contributed by atoms with Crippen LogP contribution in [0.25, 0.3) is 0 Å². The van der Waals surface area contributed by atoms with E-state index >= 15 is 0 Å². The normalized spacial score (nSPS) is 17.4. The quantitative estimate of drug-likeness (QED) is 0.714. The maximum Gasteiger partial charge on any atom is 0.240 e. The molecule has 6 heteroatoms. The molecule has 1 aromatic rings. The molecule has 3 N–H and O–H groups in total. The number of hydrogen-bond acceptors (Lipinski definition) is 4. The lowest BCUT2D eigenvalue weighted by Gasteiger charge is -2.14. The van der Waals surface area contributed by atoms with Crippen molar-refractivity contribution in [2.45, 2.75) is 17.7 Å². The third kappa shape index (κ3) is 2.82. The Kier molecular flexibility index (Phi) is 3.61. The molecule has 18 heavy (non-hydrogen) atoms. The molecule has 1 fully saturated rings. The average molecular weight is 270 g/mol. The lowest BCUT2D eigenvalue weighted by molar-refractivity contribution is 0.220. The standard InChI is InChI=1S/C12H18N2O3S/c1-13-18(16,17)11-4-2-10(3-5-11)14-8-12(9-15)6-7-12/h2-5,13-15H,6-9H2,1H3. The monoisotopic (exact) mass is 270 g/mol. The average Bonchev–Trinajstić information content (AvgIpc) is 3.18. The van der Waals surface area contributed by atoms with E-state index in [1.807, 2.05) is 0 Å². The Labute approximate surface area is 107 Å². The summed E-state index contributed by atoms with van der Waals surface area (Å²) in [5.74, 6) is 0. The Morgan fingerprint density at radius 2 is 1.89 bits per heavy atom. The van der Waals surface area contributed by atoms with Gasteiger partial charge in [0, 0.05) is 17.6 Å². The van der Waals surface area contributed by atoms with Gasteiger partial charge in [-0.15, -0.1) is 0 Å². The second kappa shape index (κ2) is 4.87. The maximum atomic E-state index is 11.5. The van der Waals surface area contributed by atoms with Crippen LogP contribution in [-0.4, -0.2) is 33.7 Å². The van der Waals surface area contributed by atoms with Crippen molar-refractivity contribution in [2.75, 3.05) is 25.5 Å². The Morgan fingerprint density at radius 3 is 2.33 bits per heavy atom. The Bertz CT molecular complexity index is 507. The molecule has 100 valence electrons. The fourth-order valence-corrected chi connectivity index (χ4v) is 2.46. The second-order valence-corrected chi connectivity index (χ2v) is 6.63. The van der Waals surface area contributed by atoms with Gasteiger partial charge >= 0.3 is 0 Å².